The minimum absolute atomic E-state index is 0.00789. The van der Waals surface area contributed by atoms with Crippen molar-refractivity contribution in [3.63, 3.8) is 0 Å². The Morgan fingerprint density at radius 2 is 1.06 bits per heavy atom. The molecule has 54 heavy (non-hydrogen) atoms. The molecular formula is C38H70N8O8. The summed E-state index contributed by atoms with van der Waals surface area (Å²) in [7, 11) is 5.75. The highest BCUT2D eigenvalue weighted by Gasteiger charge is 2.42. The highest BCUT2D eigenvalue weighted by Crippen LogP contribution is 2.20. The average molecular weight is 767 g/mol. The van der Waals surface area contributed by atoms with E-state index in [9.17, 15) is 38.7 Å². The van der Waals surface area contributed by atoms with Gasteiger partial charge in [0.25, 0.3) is 0 Å². The van der Waals surface area contributed by atoms with Crippen LogP contribution in [0.25, 0.3) is 0 Å². The quantitative estimate of drug-likeness (QED) is 0.207. The largest absolute Gasteiger partial charge is 0.390 e. The Kier molecular flexibility index (Phi) is 19.1. The second-order valence-electron chi connectivity index (χ2n) is 16.2. The van der Waals surface area contributed by atoms with Crippen molar-refractivity contribution in [1.82, 2.24) is 35.6 Å². The maximum Gasteiger partial charge on any atom is 0.245 e. The van der Waals surface area contributed by atoms with Gasteiger partial charge in [0.1, 0.15) is 42.3 Å². The second-order valence-corrected chi connectivity index (χ2v) is 16.2. The van der Waals surface area contributed by atoms with Crippen molar-refractivity contribution < 1.29 is 38.7 Å². The molecule has 16 heteroatoms. The standard InChI is InChI=1S/C38H70N8O8/c1-15-23(8)29-38(54)44(12)25(10)36(52)46(14)28(19-21(4)5)33(49)40-26(18-20(2)3)37(53)43(11)24(9)35(51)45(13)27(16-17-39)32(48)42-30(34(50)41-29)31(47)22(6)7/h20-31,47H,15-19,39H2,1-14H3,(H,40,49)(H,41,50)(H,42,48)/t23-,24-,25-,26-,27+,28-,29+,30+,31+/m0/s1. The van der Waals surface area contributed by atoms with E-state index in [4.69, 9.17) is 5.73 Å². The molecule has 0 unspecified atom stereocenters. The number of amides is 7. The number of nitrogens with zero attached hydrogens (tertiary/aromatic N) is 4. The van der Waals surface area contributed by atoms with Crippen LogP contribution in [0.15, 0.2) is 0 Å². The number of carbonyl (C=O) groups excluding carboxylic acids is 7. The fourth-order valence-corrected chi connectivity index (χ4v) is 6.45. The van der Waals surface area contributed by atoms with Crippen LogP contribution >= 0.6 is 0 Å². The average Bonchev–Trinajstić information content (AvgIpc) is 3.12. The van der Waals surface area contributed by atoms with Crippen LogP contribution in [-0.4, -0.2) is 149 Å². The summed E-state index contributed by atoms with van der Waals surface area (Å²) in [6, 6.07) is -8.10. The van der Waals surface area contributed by atoms with E-state index in [1.54, 1.807) is 20.8 Å². The normalized spacial score (nSPS) is 28.0. The Labute approximate surface area is 322 Å². The molecule has 7 amide bonds. The van der Waals surface area contributed by atoms with Gasteiger partial charge in [0.15, 0.2) is 0 Å². The highest BCUT2D eigenvalue weighted by molar-refractivity contribution is 5.98. The molecule has 1 aliphatic rings. The third-order valence-corrected chi connectivity index (χ3v) is 10.6. The molecule has 0 aliphatic carbocycles. The van der Waals surface area contributed by atoms with E-state index < -0.39 is 102 Å². The SMILES string of the molecule is CC[C@H](C)[C@H]1NC(=O)[C@@H]([C@H](O)C(C)C)NC(=O)[C@@H](CCN)N(C)C(=O)[C@H](C)N(C)C(=O)[C@H](CC(C)C)NC(=O)[C@H](CC(C)C)N(C)C(=O)[C@H](C)N(C)C1=O. The van der Waals surface area contributed by atoms with Crippen molar-refractivity contribution in [2.75, 3.05) is 34.7 Å². The lowest BCUT2D eigenvalue weighted by Gasteiger charge is -2.37. The van der Waals surface area contributed by atoms with E-state index in [1.165, 1.54) is 56.7 Å². The maximum atomic E-state index is 14.1. The van der Waals surface area contributed by atoms with Gasteiger partial charge in [-0.2, -0.15) is 0 Å². The summed E-state index contributed by atoms with van der Waals surface area (Å²) in [5.41, 5.74) is 5.88. The Bertz CT molecular complexity index is 1330. The van der Waals surface area contributed by atoms with Crippen LogP contribution in [0.1, 0.15) is 94.9 Å². The first-order valence-electron chi connectivity index (χ1n) is 19.3. The van der Waals surface area contributed by atoms with Crippen LogP contribution in [-0.2, 0) is 33.6 Å². The highest BCUT2D eigenvalue weighted by atomic mass is 16.3. The zero-order chi connectivity index (χ0) is 41.9. The first kappa shape index (κ1) is 48.2. The molecule has 0 aromatic carbocycles. The number of nitrogens with two attached hydrogens (primary N) is 1. The van der Waals surface area contributed by atoms with Gasteiger partial charge >= 0.3 is 0 Å². The summed E-state index contributed by atoms with van der Waals surface area (Å²) in [5.74, 6) is -5.44. The molecule has 0 spiro atoms. The zero-order valence-corrected chi connectivity index (χ0v) is 35.1. The van der Waals surface area contributed by atoms with Gasteiger partial charge in [0, 0.05) is 28.2 Å². The monoisotopic (exact) mass is 767 g/mol. The summed E-state index contributed by atoms with van der Waals surface area (Å²) < 4.78 is 0. The lowest BCUT2D eigenvalue weighted by atomic mass is 9.94. The fourth-order valence-electron chi connectivity index (χ4n) is 6.45. The number of hydrogen-bond donors (Lipinski definition) is 5. The first-order chi connectivity index (χ1) is 24.9. The summed E-state index contributed by atoms with van der Waals surface area (Å²) in [6.45, 7) is 17.5. The van der Waals surface area contributed by atoms with Gasteiger partial charge in [0.2, 0.25) is 41.4 Å². The van der Waals surface area contributed by atoms with Crippen molar-refractivity contribution in [3.8, 4) is 0 Å². The molecule has 1 fully saturated rings. The second kappa shape index (κ2) is 21.3. The molecule has 1 saturated heterocycles. The molecule has 9 atom stereocenters. The molecule has 0 aromatic heterocycles. The van der Waals surface area contributed by atoms with Crippen molar-refractivity contribution in [3.05, 3.63) is 0 Å². The van der Waals surface area contributed by atoms with Crippen molar-refractivity contribution >= 4 is 41.4 Å². The van der Waals surface area contributed by atoms with E-state index in [-0.39, 0.29) is 37.6 Å². The van der Waals surface area contributed by atoms with Crippen LogP contribution in [0.3, 0.4) is 0 Å². The number of aliphatic hydroxyl groups excluding tert-OH is 1. The van der Waals surface area contributed by atoms with Crippen LogP contribution in [0, 0.1) is 23.7 Å². The predicted octanol–water partition coefficient (Wildman–Crippen LogP) is 0.306. The van der Waals surface area contributed by atoms with Crippen molar-refractivity contribution in [2.24, 2.45) is 29.4 Å². The number of carbonyl (C=O) groups is 7. The van der Waals surface area contributed by atoms with Crippen molar-refractivity contribution in [2.45, 2.75) is 143 Å². The Morgan fingerprint density at radius 3 is 1.50 bits per heavy atom. The van der Waals surface area contributed by atoms with E-state index in [0.29, 0.717) is 6.42 Å². The molecule has 310 valence electrons. The van der Waals surface area contributed by atoms with Gasteiger partial charge in [-0.05, 0) is 63.3 Å². The van der Waals surface area contributed by atoms with Crippen LogP contribution < -0.4 is 21.7 Å². The summed E-state index contributed by atoms with van der Waals surface area (Å²) in [5, 5.41) is 19.4. The summed E-state index contributed by atoms with van der Waals surface area (Å²) >= 11 is 0. The molecule has 1 rings (SSSR count). The summed E-state index contributed by atoms with van der Waals surface area (Å²) in [6.07, 6.45) is -0.446. The topological polar surface area (TPSA) is 215 Å². The Balaban J connectivity index is 4.01. The first-order valence-corrected chi connectivity index (χ1v) is 19.3. The minimum Gasteiger partial charge on any atom is -0.390 e. The number of nitrogens with one attached hydrogen (secondary N) is 3. The zero-order valence-electron chi connectivity index (χ0n) is 35.1. The van der Waals surface area contributed by atoms with Gasteiger partial charge in [0.05, 0.1) is 6.10 Å². The lowest BCUT2D eigenvalue weighted by Crippen LogP contribution is -2.63. The predicted molar refractivity (Wildman–Crippen MR) is 206 cm³/mol. The number of aliphatic hydroxyl groups is 1. The van der Waals surface area contributed by atoms with E-state index >= 15 is 0 Å². The lowest BCUT2D eigenvalue weighted by molar-refractivity contribution is -0.150. The number of hydrogen-bond acceptors (Lipinski definition) is 9. The van der Waals surface area contributed by atoms with E-state index in [2.05, 4.69) is 16.0 Å². The van der Waals surface area contributed by atoms with Gasteiger partial charge in [-0.15, -0.1) is 0 Å². The van der Waals surface area contributed by atoms with Crippen LogP contribution in [0.5, 0.6) is 0 Å². The van der Waals surface area contributed by atoms with Gasteiger partial charge in [-0.1, -0.05) is 61.8 Å². The van der Waals surface area contributed by atoms with E-state index in [0.717, 1.165) is 4.90 Å². The fraction of sp³-hybridized carbons (Fsp3) is 0.816. The number of rotatable bonds is 10. The third-order valence-electron chi connectivity index (χ3n) is 10.6. The Morgan fingerprint density at radius 1 is 0.611 bits per heavy atom. The molecular weight excluding hydrogens is 696 g/mol. The van der Waals surface area contributed by atoms with Crippen LogP contribution in [0.2, 0.25) is 0 Å². The molecule has 6 N–H and O–H groups in total. The van der Waals surface area contributed by atoms with Crippen LogP contribution in [0.4, 0.5) is 0 Å². The molecule has 1 aliphatic heterocycles. The third kappa shape index (κ3) is 12.4. The summed E-state index contributed by atoms with van der Waals surface area (Å²) in [4.78, 5) is 103. The molecule has 0 radical (unpaired) electrons. The smallest absolute Gasteiger partial charge is 0.245 e. The molecule has 1 heterocycles. The number of likely N-dealkylation sites (N-methyl/N-ethyl adjacent to an activating group) is 4. The van der Waals surface area contributed by atoms with E-state index in [1.807, 2.05) is 34.6 Å². The molecule has 0 bridgehead atoms. The Hall–Kier alpha value is -3.79. The van der Waals surface area contributed by atoms with Crippen molar-refractivity contribution in [1.29, 1.82) is 0 Å². The maximum absolute atomic E-state index is 14.1. The molecule has 0 saturated carbocycles. The van der Waals surface area contributed by atoms with Gasteiger partial charge in [-0.25, -0.2) is 0 Å². The molecule has 16 nitrogen and oxygen atoms in total. The molecule has 0 aromatic rings. The van der Waals surface area contributed by atoms with Gasteiger partial charge < -0.3 is 46.4 Å². The van der Waals surface area contributed by atoms with Gasteiger partial charge in [-0.3, -0.25) is 33.6 Å². The minimum atomic E-state index is -1.53.